The summed E-state index contributed by atoms with van der Waals surface area (Å²) in [6.45, 7) is -0.595. The highest BCUT2D eigenvalue weighted by molar-refractivity contribution is 6.04. The van der Waals surface area contributed by atoms with Crippen molar-refractivity contribution in [3.05, 3.63) is 76.7 Å². The van der Waals surface area contributed by atoms with Crippen molar-refractivity contribution in [2.75, 3.05) is 12.4 Å². The molecule has 0 aliphatic carbocycles. The Labute approximate surface area is 160 Å². The zero-order valence-corrected chi connectivity index (χ0v) is 15.0. The number of ether oxygens (including phenoxy) is 1. The van der Waals surface area contributed by atoms with Gasteiger partial charge in [-0.15, -0.1) is 0 Å². The molecule has 0 spiro atoms. The van der Waals surface area contributed by atoms with E-state index in [1.165, 1.54) is 13.3 Å². The van der Waals surface area contributed by atoms with Gasteiger partial charge in [-0.05, 0) is 36.4 Å². The Morgan fingerprint density at radius 3 is 2.39 bits per heavy atom. The van der Waals surface area contributed by atoms with Crippen LogP contribution in [0.25, 0.3) is 11.4 Å². The number of carbonyl (C=O) groups excluding carboxylic acids is 1. The van der Waals surface area contributed by atoms with Crippen molar-refractivity contribution in [2.24, 2.45) is 0 Å². The van der Waals surface area contributed by atoms with Gasteiger partial charge in [0.2, 0.25) is 0 Å². The van der Waals surface area contributed by atoms with E-state index in [0.717, 1.165) is 4.57 Å². The summed E-state index contributed by atoms with van der Waals surface area (Å²) in [6, 6.07) is 15.1. The summed E-state index contributed by atoms with van der Waals surface area (Å²) in [4.78, 5) is 40.6. The summed E-state index contributed by atoms with van der Waals surface area (Å²) in [5.74, 6) is -0.904. The highest BCUT2D eigenvalue weighted by Crippen LogP contribution is 2.20. The fraction of sp³-hybridized carbons (Fsp3) is 0.100. The average molecular weight is 379 g/mol. The fourth-order valence-corrected chi connectivity index (χ4v) is 2.61. The van der Waals surface area contributed by atoms with Gasteiger partial charge < -0.3 is 15.2 Å². The van der Waals surface area contributed by atoms with E-state index in [-0.39, 0.29) is 11.5 Å². The topological polar surface area (TPSA) is 111 Å². The second-order valence-corrected chi connectivity index (χ2v) is 5.83. The number of nitrogens with one attached hydrogen (secondary N) is 1. The van der Waals surface area contributed by atoms with Crippen LogP contribution in [0.4, 0.5) is 5.69 Å². The number of amides is 1. The standard InChI is InChI=1S/C20H17N3O5/c1-28-15-9-7-13(8-10-15)18-21-11-16(20(27)23(18)12-17(24)25)22-19(26)14-5-3-2-4-6-14/h2-11H,12H2,1H3,(H,22,26)(H,24,25). The van der Waals surface area contributed by atoms with Crippen molar-refractivity contribution in [3.8, 4) is 17.1 Å². The van der Waals surface area contributed by atoms with Gasteiger partial charge in [-0.3, -0.25) is 19.0 Å². The summed E-state index contributed by atoms with van der Waals surface area (Å²) in [6.07, 6.45) is 1.22. The lowest BCUT2D eigenvalue weighted by molar-refractivity contribution is -0.137. The first-order chi connectivity index (χ1) is 13.5. The molecule has 142 valence electrons. The molecule has 0 aliphatic rings. The number of anilines is 1. The number of carbonyl (C=O) groups is 2. The largest absolute Gasteiger partial charge is 0.497 e. The Kier molecular flexibility index (Phi) is 5.50. The predicted molar refractivity (Wildman–Crippen MR) is 103 cm³/mol. The first-order valence-corrected chi connectivity index (χ1v) is 8.32. The monoisotopic (exact) mass is 379 g/mol. The second-order valence-electron chi connectivity index (χ2n) is 5.83. The zero-order valence-electron chi connectivity index (χ0n) is 15.0. The van der Waals surface area contributed by atoms with Gasteiger partial charge in [-0.1, -0.05) is 18.2 Å². The highest BCUT2D eigenvalue weighted by Gasteiger charge is 2.16. The molecule has 8 heteroatoms. The quantitative estimate of drug-likeness (QED) is 0.680. The number of aromatic nitrogens is 2. The Bertz CT molecular complexity index is 1060. The van der Waals surface area contributed by atoms with Crippen LogP contribution in [0.2, 0.25) is 0 Å². The second kappa shape index (κ2) is 8.17. The minimum Gasteiger partial charge on any atom is -0.497 e. The molecule has 0 aliphatic heterocycles. The molecule has 28 heavy (non-hydrogen) atoms. The molecular weight excluding hydrogens is 362 g/mol. The molecule has 2 N–H and O–H groups in total. The number of nitrogens with zero attached hydrogens (tertiary/aromatic N) is 2. The number of carboxylic acids is 1. The Morgan fingerprint density at radius 2 is 1.79 bits per heavy atom. The lowest BCUT2D eigenvalue weighted by Gasteiger charge is -2.13. The van der Waals surface area contributed by atoms with Crippen LogP contribution in [0.1, 0.15) is 10.4 Å². The van der Waals surface area contributed by atoms with E-state index in [1.54, 1.807) is 54.6 Å². The molecule has 0 saturated heterocycles. The molecule has 3 aromatic rings. The molecule has 1 aromatic heterocycles. The van der Waals surface area contributed by atoms with Gasteiger partial charge in [0.15, 0.2) is 0 Å². The number of hydrogen-bond acceptors (Lipinski definition) is 5. The molecular formula is C20H17N3O5. The highest BCUT2D eigenvalue weighted by atomic mass is 16.5. The van der Waals surface area contributed by atoms with Gasteiger partial charge in [0.25, 0.3) is 11.5 Å². The maximum Gasteiger partial charge on any atom is 0.323 e. The minimum absolute atomic E-state index is 0.104. The van der Waals surface area contributed by atoms with Gasteiger partial charge in [-0.2, -0.15) is 0 Å². The molecule has 0 saturated carbocycles. The van der Waals surface area contributed by atoms with Crippen molar-refractivity contribution in [1.82, 2.24) is 9.55 Å². The molecule has 3 rings (SSSR count). The smallest absolute Gasteiger partial charge is 0.323 e. The van der Waals surface area contributed by atoms with Crippen molar-refractivity contribution in [1.29, 1.82) is 0 Å². The minimum atomic E-state index is -1.20. The van der Waals surface area contributed by atoms with Crippen LogP contribution >= 0.6 is 0 Å². The number of benzene rings is 2. The first-order valence-electron chi connectivity index (χ1n) is 8.32. The lowest BCUT2D eigenvalue weighted by atomic mass is 10.2. The van der Waals surface area contributed by atoms with Crippen molar-refractivity contribution in [3.63, 3.8) is 0 Å². The van der Waals surface area contributed by atoms with Crippen molar-refractivity contribution in [2.45, 2.75) is 6.54 Å². The maximum absolute atomic E-state index is 12.8. The van der Waals surface area contributed by atoms with Gasteiger partial charge in [0.1, 0.15) is 23.8 Å². The third-order valence-corrected chi connectivity index (χ3v) is 3.97. The van der Waals surface area contributed by atoms with Crippen LogP contribution in [-0.4, -0.2) is 33.6 Å². The Hall–Kier alpha value is -3.94. The van der Waals surface area contributed by atoms with Crippen LogP contribution in [-0.2, 0) is 11.3 Å². The molecule has 0 unspecified atom stereocenters. The van der Waals surface area contributed by atoms with Gasteiger partial charge in [0.05, 0.1) is 13.3 Å². The Balaban J connectivity index is 2.01. The summed E-state index contributed by atoms with van der Waals surface area (Å²) in [5.41, 5.74) is 0.144. The molecule has 0 atom stereocenters. The third kappa shape index (κ3) is 4.07. The van der Waals surface area contributed by atoms with E-state index in [4.69, 9.17) is 4.74 Å². The van der Waals surface area contributed by atoms with Crippen LogP contribution in [0.3, 0.4) is 0 Å². The first kappa shape index (κ1) is 18.8. The van der Waals surface area contributed by atoms with Crippen LogP contribution in [0, 0.1) is 0 Å². The van der Waals surface area contributed by atoms with E-state index in [0.29, 0.717) is 16.9 Å². The SMILES string of the molecule is COc1ccc(-c2ncc(NC(=O)c3ccccc3)c(=O)n2CC(=O)O)cc1. The number of methoxy groups -OCH3 is 1. The average Bonchev–Trinajstić information content (AvgIpc) is 2.71. The molecule has 0 bridgehead atoms. The lowest BCUT2D eigenvalue weighted by Crippen LogP contribution is -2.30. The Morgan fingerprint density at radius 1 is 1.11 bits per heavy atom. The number of hydrogen-bond donors (Lipinski definition) is 2. The number of aliphatic carboxylic acids is 1. The van der Waals surface area contributed by atoms with E-state index < -0.39 is 24.0 Å². The van der Waals surface area contributed by atoms with Crippen molar-refractivity contribution >= 4 is 17.6 Å². The summed E-state index contributed by atoms with van der Waals surface area (Å²) in [5, 5.41) is 11.7. The van der Waals surface area contributed by atoms with Gasteiger partial charge in [-0.25, -0.2) is 4.98 Å². The molecule has 1 amide bonds. The third-order valence-electron chi connectivity index (χ3n) is 3.97. The maximum atomic E-state index is 12.8. The number of rotatable bonds is 6. The molecule has 0 radical (unpaired) electrons. The van der Waals surface area contributed by atoms with Crippen LogP contribution < -0.4 is 15.6 Å². The zero-order chi connectivity index (χ0) is 20.1. The summed E-state index contributed by atoms with van der Waals surface area (Å²) >= 11 is 0. The van der Waals surface area contributed by atoms with Crippen LogP contribution in [0.5, 0.6) is 5.75 Å². The fourth-order valence-electron chi connectivity index (χ4n) is 2.61. The van der Waals surface area contributed by atoms with Gasteiger partial charge in [0, 0.05) is 11.1 Å². The molecule has 2 aromatic carbocycles. The molecule has 1 heterocycles. The van der Waals surface area contributed by atoms with Crippen molar-refractivity contribution < 1.29 is 19.4 Å². The molecule has 8 nitrogen and oxygen atoms in total. The normalized spacial score (nSPS) is 10.3. The molecule has 0 fully saturated rings. The van der Waals surface area contributed by atoms with E-state index in [2.05, 4.69) is 10.3 Å². The van der Waals surface area contributed by atoms with E-state index in [9.17, 15) is 19.5 Å². The van der Waals surface area contributed by atoms with E-state index >= 15 is 0 Å². The summed E-state index contributed by atoms with van der Waals surface area (Å²) in [7, 11) is 1.53. The van der Waals surface area contributed by atoms with Crippen LogP contribution in [0.15, 0.2) is 65.6 Å². The predicted octanol–water partition coefficient (Wildman–Crippen LogP) is 2.26. The van der Waals surface area contributed by atoms with E-state index in [1.807, 2.05) is 0 Å². The number of carboxylic acid groups (broad SMARTS) is 1. The van der Waals surface area contributed by atoms with Gasteiger partial charge >= 0.3 is 5.97 Å². The summed E-state index contributed by atoms with van der Waals surface area (Å²) < 4.78 is 6.10.